The van der Waals surface area contributed by atoms with E-state index in [9.17, 15) is 0 Å². The Balaban J connectivity index is 1.75. The van der Waals surface area contributed by atoms with Gasteiger partial charge in [-0.3, -0.25) is 0 Å². The molecule has 1 saturated heterocycles. The molecule has 0 aliphatic carbocycles. The van der Waals surface area contributed by atoms with E-state index in [1.165, 1.54) is 5.56 Å². The Morgan fingerprint density at radius 2 is 2.00 bits per heavy atom. The van der Waals surface area contributed by atoms with Crippen molar-refractivity contribution >= 4 is 0 Å². The molecular formula is C14H21NO2. The number of benzene rings is 1. The zero-order valence-electron chi connectivity index (χ0n) is 10.3. The smallest absolute Gasteiger partial charge is 0.0814 e. The van der Waals surface area contributed by atoms with Crippen LogP contribution in [0.3, 0.4) is 0 Å². The maximum Gasteiger partial charge on any atom is 0.0814 e. The summed E-state index contributed by atoms with van der Waals surface area (Å²) < 4.78 is 11.6. The lowest BCUT2D eigenvalue weighted by Gasteiger charge is -2.17. The van der Waals surface area contributed by atoms with E-state index in [4.69, 9.17) is 15.2 Å². The van der Waals surface area contributed by atoms with Crippen LogP contribution in [0.2, 0.25) is 0 Å². The van der Waals surface area contributed by atoms with Gasteiger partial charge in [0.2, 0.25) is 0 Å². The van der Waals surface area contributed by atoms with Crippen LogP contribution in [0.25, 0.3) is 0 Å². The van der Waals surface area contributed by atoms with Crippen LogP contribution in [0.4, 0.5) is 0 Å². The topological polar surface area (TPSA) is 44.5 Å². The second-order valence-corrected chi connectivity index (χ2v) is 4.58. The van der Waals surface area contributed by atoms with Crippen LogP contribution in [0.1, 0.15) is 31.4 Å². The summed E-state index contributed by atoms with van der Waals surface area (Å²) in [6, 6.07) is 10.3. The molecule has 3 heteroatoms. The maximum absolute atomic E-state index is 5.84. The third-order valence-electron chi connectivity index (χ3n) is 3.26. The van der Waals surface area contributed by atoms with Crippen molar-refractivity contribution in [2.24, 2.45) is 5.73 Å². The molecule has 17 heavy (non-hydrogen) atoms. The zero-order valence-corrected chi connectivity index (χ0v) is 10.3. The molecule has 0 radical (unpaired) electrons. The van der Waals surface area contributed by atoms with Gasteiger partial charge < -0.3 is 15.2 Å². The van der Waals surface area contributed by atoms with E-state index >= 15 is 0 Å². The van der Waals surface area contributed by atoms with Crippen LogP contribution in [-0.2, 0) is 9.47 Å². The number of nitrogens with two attached hydrogens (primary N) is 1. The Morgan fingerprint density at radius 3 is 2.65 bits per heavy atom. The molecule has 1 aromatic carbocycles. The standard InChI is InChI=1S/C14H21NO2/c1-11(12-5-3-2-4-6-12)16-10-14-8-7-13(9-15)17-14/h2-6,11,13-14H,7-10,15H2,1H3. The van der Waals surface area contributed by atoms with E-state index in [2.05, 4.69) is 19.1 Å². The normalized spacial score (nSPS) is 26.0. The van der Waals surface area contributed by atoms with Gasteiger partial charge in [-0.15, -0.1) is 0 Å². The summed E-state index contributed by atoms with van der Waals surface area (Å²) in [5.41, 5.74) is 6.79. The molecule has 3 atom stereocenters. The van der Waals surface area contributed by atoms with Crippen LogP contribution >= 0.6 is 0 Å². The van der Waals surface area contributed by atoms with Crippen molar-refractivity contribution < 1.29 is 9.47 Å². The van der Waals surface area contributed by atoms with Crippen molar-refractivity contribution in [3.8, 4) is 0 Å². The van der Waals surface area contributed by atoms with Crippen LogP contribution < -0.4 is 5.73 Å². The van der Waals surface area contributed by atoms with E-state index in [0.29, 0.717) is 13.2 Å². The van der Waals surface area contributed by atoms with Gasteiger partial charge in [-0.2, -0.15) is 0 Å². The van der Waals surface area contributed by atoms with Crippen molar-refractivity contribution in [1.29, 1.82) is 0 Å². The van der Waals surface area contributed by atoms with Crippen molar-refractivity contribution in [3.63, 3.8) is 0 Å². The molecule has 1 aliphatic heterocycles. The molecule has 94 valence electrons. The molecule has 1 fully saturated rings. The summed E-state index contributed by atoms with van der Waals surface area (Å²) in [6.07, 6.45) is 2.69. The predicted molar refractivity (Wildman–Crippen MR) is 67.8 cm³/mol. The summed E-state index contributed by atoms with van der Waals surface area (Å²) in [5.74, 6) is 0. The average molecular weight is 235 g/mol. The fraction of sp³-hybridized carbons (Fsp3) is 0.571. The summed E-state index contributed by atoms with van der Waals surface area (Å²) in [6.45, 7) is 3.35. The van der Waals surface area contributed by atoms with Gasteiger partial charge in [0.25, 0.3) is 0 Å². The van der Waals surface area contributed by atoms with E-state index in [-0.39, 0.29) is 18.3 Å². The molecule has 1 aliphatic rings. The average Bonchev–Trinajstić information content (AvgIpc) is 2.85. The molecule has 0 saturated carbocycles. The largest absolute Gasteiger partial charge is 0.371 e. The Bertz CT molecular complexity index is 328. The minimum absolute atomic E-state index is 0.122. The quantitative estimate of drug-likeness (QED) is 0.851. The van der Waals surface area contributed by atoms with Gasteiger partial charge in [0, 0.05) is 6.54 Å². The van der Waals surface area contributed by atoms with Crippen molar-refractivity contribution in [2.45, 2.75) is 38.1 Å². The first-order valence-electron chi connectivity index (χ1n) is 6.31. The molecule has 1 heterocycles. The zero-order chi connectivity index (χ0) is 12.1. The van der Waals surface area contributed by atoms with Gasteiger partial charge in [0.15, 0.2) is 0 Å². The molecule has 3 unspecified atom stereocenters. The van der Waals surface area contributed by atoms with Gasteiger partial charge in [-0.1, -0.05) is 30.3 Å². The Labute approximate surface area is 103 Å². The Kier molecular flexibility index (Phi) is 4.54. The Hall–Kier alpha value is -0.900. The van der Waals surface area contributed by atoms with Crippen molar-refractivity contribution in [2.75, 3.05) is 13.2 Å². The van der Waals surface area contributed by atoms with Crippen LogP contribution in [-0.4, -0.2) is 25.4 Å². The van der Waals surface area contributed by atoms with E-state index in [1.807, 2.05) is 18.2 Å². The maximum atomic E-state index is 5.84. The van der Waals surface area contributed by atoms with E-state index < -0.39 is 0 Å². The van der Waals surface area contributed by atoms with Crippen molar-refractivity contribution in [3.05, 3.63) is 35.9 Å². The third-order valence-corrected chi connectivity index (χ3v) is 3.26. The first-order valence-corrected chi connectivity index (χ1v) is 6.31. The number of rotatable bonds is 5. The highest BCUT2D eigenvalue weighted by molar-refractivity contribution is 5.16. The lowest BCUT2D eigenvalue weighted by molar-refractivity contribution is -0.0354. The minimum atomic E-state index is 0.122. The summed E-state index contributed by atoms with van der Waals surface area (Å²) >= 11 is 0. The highest BCUT2D eigenvalue weighted by Crippen LogP contribution is 2.22. The summed E-state index contributed by atoms with van der Waals surface area (Å²) in [4.78, 5) is 0. The van der Waals surface area contributed by atoms with Crippen LogP contribution in [0.5, 0.6) is 0 Å². The van der Waals surface area contributed by atoms with Crippen LogP contribution in [0, 0.1) is 0 Å². The molecule has 0 spiro atoms. The van der Waals surface area contributed by atoms with Crippen LogP contribution in [0.15, 0.2) is 30.3 Å². The molecule has 0 bridgehead atoms. The monoisotopic (exact) mass is 235 g/mol. The minimum Gasteiger partial charge on any atom is -0.371 e. The SMILES string of the molecule is CC(OCC1CCC(CN)O1)c1ccccc1. The van der Waals surface area contributed by atoms with Gasteiger partial charge in [-0.05, 0) is 25.3 Å². The molecule has 2 N–H and O–H groups in total. The molecule has 2 rings (SSSR count). The molecular weight excluding hydrogens is 214 g/mol. The second-order valence-electron chi connectivity index (χ2n) is 4.58. The first kappa shape index (κ1) is 12.6. The molecule has 0 amide bonds. The van der Waals surface area contributed by atoms with Gasteiger partial charge in [-0.25, -0.2) is 0 Å². The third kappa shape index (κ3) is 3.53. The number of ether oxygens (including phenoxy) is 2. The van der Waals surface area contributed by atoms with E-state index in [0.717, 1.165) is 12.8 Å². The fourth-order valence-corrected chi connectivity index (χ4v) is 2.15. The van der Waals surface area contributed by atoms with Gasteiger partial charge in [0.05, 0.1) is 24.9 Å². The summed E-state index contributed by atoms with van der Waals surface area (Å²) in [5, 5.41) is 0. The second kappa shape index (κ2) is 6.15. The Morgan fingerprint density at radius 1 is 1.29 bits per heavy atom. The lowest BCUT2D eigenvalue weighted by Crippen LogP contribution is -2.23. The highest BCUT2D eigenvalue weighted by Gasteiger charge is 2.24. The first-order chi connectivity index (χ1) is 8.29. The number of hydrogen-bond acceptors (Lipinski definition) is 3. The summed E-state index contributed by atoms with van der Waals surface area (Å²) in [7, 11) is 0. The lowest BCUT2D eigenvalue weighted by atomic mass is 10.1. The van der Waals surface area contributed by atoms with Gasteiger partial charge in [0.1, 0.15) is 0 Å². The number of hydrogen-bond donors (Lipinski definition) is 1. The predicted octanol–water partition coefficient (Wildman–Crippen LogP) is 2.27. The van der Waals surface area contributed by atoms with Gasteiger partial charge >= 0.3 is 0 Å². The molecule has 1 aromatic rings. The molecule has 0 aromatic heterocycles. The van der Waals surface area contributed by atoms with Crippen molar-refractivity contribution in [1.82, 2.24) is 0 Å². The molecule has 3 nitrogen and oxygen atoms in total. The highest BCUT2D eigenvalue weighted by atomic mass is 16.5. The fourth-order valence-electron chi connectivity index (χ4n) is 2.15. The van der Waals surface area contributed by atoms with E-state index in [1.54, 1.807) is 0 Å².